The third-order valence-corrected chi connectivity index (χ3v) is 4.93. The quantitative estimate of drug-likeness (QED) is 0.851. The molecule has 1 heterocycles. The Bertz CT molecular complexity index is 594. The molecule has 0 saturated carbocycles. The summed E-state index contributed by atoms with van der Waals surface area (Å²) in [5, 5.41) is 3.43. The fourth-order valence-corrected chi connectivity index (χ4v) is 3.23. The van der Waals surface area contributed by atoms with E-state index < -0.39 is 0 Å². The van der Waals surface area contributed by atoms with Gasteiger partial charge in [-0.3, -0.25) is 4.79 Å². The summed E-state index contributed by atoms with van der Waals surface area (Å²) in [7, 11) is 1.58. The van der Waals surface area contributed by atoms with Gasteiger partial charge in [0.15, 0.2) is 0 Å². The van der Waals surface area contributed by atoms with Crippen LogP contribution in [0.3, 0.4) is 0 Å². The third-order valence-electron chi connectivity index (χ3n) is 4.93. The monoisotopic (exact) mass is 350 g/mol. The van der Waals surface area contributed by atoms with Gasteiger partial charge >= 0.3 is 0 Å². The van der Waals surface area contributed by atoms with Crippen LogP contribution in [-0.2, 0) is 11.3 Å². The molecule has 1 aromatic carbocycles. The Labute approximate surface area is 150 Å². The molecule has 1 aromatic rings. The van der Waals surface area contributed by atoms with Crippen LogP contribution in [0.2, 0.25) is 0 Å². The van der Waals surface area contributed by atoms with Gasteiger partial charge in [-0.2, -0.15) is 0 Å². The lowest BCUT2D eigenvalue weighted by Crippen LogP contribution is -2.46. The molecule has 2 rings (SSSR count). The van der Waals surface area contributed by atoms with Crippen LogP contribution in [0.15, 0.2) is 12.1 Å². The number of carbonyl (C=O) groups excluding carboxylic acids is 1. The van der Waals surface area contributed by atoms with Crippen LogP contribution in [0.4, 0.5) is 4.39 Å². The topological polar surface area (TPSA) is 41.6 Å². The first kappa shape index (κ1) is 19.7. The zero-order valence-corrected chi connectivity index (χ0v) is 16.1. The highest BCUT2D eigenvalue weighted by Crippen LogP contribution is 2.28. The maximum Gasteiger partial charge on any atom is 0.225 e. The second kappa shape index (κ2) is 8.65. The van der Waals surface area contributed by atoms with Gasteiger partial charge < -0.3 is 15.0 Å². The standard InChI is InChI=1S/C20H31FN2O2/c1-13(2)15-10-18(21)17(19(11-15)25-5)12-22-16-6-8-23(9-7-16)20(24)14(3)4/h10-11,13-14,16,22H,6-9,12H2,1-5H3. The summed E-state index contributed by atoms with van der Waals surface area (Å²) in [6.45, 7) is 9.92. The number of methoxy groups -OCH3 is 1. The van der Waals surface area contributed by atoms with Crippen molar-refractivity contribution in [2.24, 2.45) is 5.92 Å². The number of hydrogen-bond donors (Lipinski definition) is 1. The lowest BCUT2D eigenvalue weighted by atomic mass is 9.99. The highest BCUT2D eigenvalue weighted by atomic mass is 19.1. The maximum absolute atomic E-state index is 14.5. The number of amides is 1. The van der Waals surface area contributed by atoms with Gasteiger partial charge in [0.2, 0.25) is 5.91 Å². The minimum atomic E-state index is -0.219. The summed E-state index contributed by atoms with van der Waals surface area (Å²) in [5.41, 5.74) is 1.52. The smallest absolute Gasteiger partial charge is 0.225 e. The molecule has 140 valence electrons. The van der Waals surface area contributed by atoms with Gasteiger partial charge in [-0.25, -0.2) is 4.39 Å². The first-order valence-electron chi connectivity index (χ1n) is 9.22. The zero-order valence-electron chi connectivity index (χ0n) is 16.1. The lowest BCUT2D eigenvalue weighted by molar-refractivity contribution is -0.135. The van der Waals surface area contributed by atoms with E-state index in [9.17, 15) is 9.18 Å². The van der Waals surface area contributed by atoms with Crippen LogP contribution in [-0.4, -0.2) is 37.0 Å². The number of halogens is 1. The molecule has 0 atom stereocenters. The van der Waals surface area contributed by atoms with E-state index in [0.29, 0.717) is 23.9 Å². The average molecular weight is 350 g/mol. The van der Waals surface area contributed by atoms with Crippen LogP contribution in [0.5, 0.6) is 5.75 Å². The Morgan fingerprint density at radius 3 is 2.44 bits per heavy atom. The number of piperidine rings is 1. The molecule has 1 aliphatic heterocycles. The van der Waals surface area contributed by atoms with Gasteiger partial charge in [0.25, 0.3) is 0 Å². The SMILES string of the molecule is COc1cc(C(C)C)cc(F)c1CNC1CCN(C(=O)C(C)C)CC1. The number of carbonyl (C=O) groups is 1. The van der Waals surface area contributed by atoms with Crippen LogP contribution in [0, 0.1) is 11.7 Å². The number of nitrogens with zero attached hydrogens (tertiary/aromatic N) is 1. The van der Waals surface area contributed by atoms with Crippen molar-refractivity contribution in [1.82, 2.24) is 10.2 Å². The van der Waals surface area contributed by atoms with Gasteiger partial charge in [0, 0.05) is 37.2 Å². The van der Waals surface area contributed by atoms with Crippen LogP contribution >= 0.6 is 0 Å². The van der Waals surface area contributed by atoms with Crippen molar-refractivity contribution in [3.63, 3.8) is 0 Å². The largest absolute Gasteiger partial charge is 0.496 e. The van der Waals surface area contributed by atoms with Crippen LogP contribution in [0.25, 0.3) is 0 Å². The molecule has 25 heavy (non-hydrogen) atoms. The lowest BCUT2D eigenvalue weighted by Gasteiger charge is -2.33. The average Bonchev–Trinajstić information content (AvgIpc) is 2.59. The number of hydrogen-bond acceptors (Lipinski definition) is 3. The van der Waals surface area contributed by atoms with E-state index in [1.165, 1.54) is 0 Å². The molecule has 1 N–H and O–H groups in total. The second-order valence-corrected chi connectivity index (χ2v) is 7.47. The number of rotatable bonds is 6. The molecule has 0 unspecified atom stereocenters. The van der Waals surface area contributed by atoms with Gasteiger partial charge in [0.05, 0.1) is 7.11 Å². The zero-order chi connectivity index (χ0) is 18.6. The van der Waals surface area contributed by atoms with Crippen molar-refractivity contribution >= 4 is 5.91 Å². The molecule has 4 nitrogen and oxygen atoms in total. The van der Waals surface area contributed by atoms with E-state index in [1.54, 1.807) is 13.2 Å². The number of ether oxygens (including phenoxy) is 1. The highest BCUT2D eigenvalue weighted by molar-refractivity contribution is 5.78. The molecule has 0 aromatic heterocycles. The number of benzene rings is 1. The number of nitrogens with one attached hydrogen (secondary N) is 1. The fraction of sp³-hybridized carbons (Fsp3) is 0.650. The Morgan fingerprint density at radius 2 is 1.92 bits per heavy atom. The molecule has 1 aliphatic rings. The van der Waals surface area contributed by atoms with Crippen molar-refractivity contribution in [3.8, 4) is 5.75 Å². The molecular weight excluding hydrogens is 319 g/mol. The van der Waals surface area contributed by atoms with E-state index >= 15 is 0 Å². The molecule has 0 spiro atoms. The Kier molecular flexibility index (Phi) is 6.82. The summed E-state index contributed by atoms with van der Waals surface area (Å²) in [5.74, 6) is 0.901. The second-order valence-electron chi connectivity index (χ2n) is 7.47. The predicted octanol–water partition coefficient (Wildman–Crippen LogP) is 3.69. The summed E-state index contributed by atoms with van der Waals surface area (Å²) in [4.78, 5) is 14.0. The minimum absolute atomic E-state index is 0.0438. The van der Waals surface area contributed by atoms with Crippen LogP contribution < -0.4 is 10.1 Å². The van der Waals surface area contributed by atoms with Crippen molar-refractivity contribution < 1.29 is 13.9 Å². The Balaban J connectivity index is 1.95. The minimum Gasteiger partial charge on any atom is -0.496 e. The van der Waals surface area contributed by atoms with Crippen LogP contribution in [0.1, 0.15) is 57.6 Å². The fourth-order valence-electron chi connectivity index (χ4n) is 3.23. The van der Waals surface area contributed by atoms with Gasteiger partial charge in [-0.15, -0.1) is 0 Å². The molecule has 5 heteroatoms. The first-order valence-corrected chi connectivity index (χ1v) is 9.22. The Hall–Kier alpha value is -1.62. The molecule has 1 fully saturated rings. The predicted molar refractivity (Wildman–Crippen MR) is 98.3 cm³/mol. The van der Waals surface area contributed by atoms with Crippen molar-refractivity contribution in [1.29, 1.82) is 0 Å². The van der Waals surface area contributed by atoms with Gasteiger partial charge in [-0.1, -0.05) is 27.7 Å². The van der Waals surface area contributed by atoms with Crippen molar-refractivity contribution in [3.05, 3.63) is 29.1 Å². The van der Waals surface area contributed by atoms with E-state index in [1.807, 2.05) is 38.7 Å². The summed E-state index contributed by atoms with van der Waals surface area (Å²) < 4.78 is 19.9. The van der Waals surface area contributed by atoms with Crippen molar-refractivity contribution in [2.75, 3.05) is 20.2 Å². The maximum atomic E-state index is 14.5. The third kappa shape index (κ3) is 4.94. The van der Waals surface area contributed by atoms with Gasteiger partial charge in [0.1, 0.15) is 11.6 Å². The van der Waals surface area contributed by atoms with E-state index in [-0.39, 0.29) is 23.6 Å². The summed E-state index contributed by atoms with van der Waals surface area (Å²) in [6.07, 6.45) is 1.79. The van der Waals surface area contributed by atoms with Crippen molar-refractivity contribution in [2.45, 2.75) is 59.0 Å². The normalized spacial score (nSPS) is 15.9. The molecule has 0 aliphatic carbocycles. The molecular formula is C20H31FN2O2. The molecule has 0 bridgehead atoms. The van der Waals surface area contributed by atoms with E-state index in [0.717, 1.165) is 31.5 Å². The highest BCUT2D eigenvalue weighted by Gasteiger charge is 2.24. The molecule has 1 saturated heterocycles. The van der Waals surface area contributed by atoms with E-state index in [2.05, 4.69) is 5.32 Å². The Morgan fingerprint density at radius 1 is 1.28 bits per heavy atom. The molecule has 1 amide bonds. The molecule has 0 radical (unpaired) electrons. The summed E-state index contributed by atoms with van der Waals surface area (Å²) in [6, 6.07) is 3.83. The summed E-state index contributed by atoms with van der Waals surface area (Å²) >= 11 is 0. The first-order chi connectivity index (χ1) is 11.8. The van der Waals surface area contributed by atoms with Gasteiger partial charge in [-0.05, 0) is 36.5 Å². The number of likely N-dealkylation sites (tertiary alicyclic amines) is 1. The van der Waals surface area contributed by atoms with E-state index in [4.69, 9.17) is 4.74 Å².